The van der Waals surface area contributed by atoms with Crippen LogP contribution in [0, 0.1) is 0 Å². The first-order valence-corrected chi connectivity index (χ1v) is 9.19. The molecule has 8 heteroatoms. The molecule has 1 amide bonds. The summed E-state index contributed by atoms with van der Waals surface area (Å²) in [5.74, 6) is -0.563. The minimum atomic E-state index is -3.66. The van der Waals surface area contributed by atoms with Crippen LogP contribution in [0.25, 0.3) is 22.3 Å². The number of fused-ring (bicyclic) bond motifs is 1. The summed E-state index contributed by atoms with van der Waals surface area (Å²) in [6.45, 7) is -0.571. The van der Waals surface area contributed by atoms with E-state index in [-0.39, 0.29) is 0 Å². The lowest BCUT2D eigenvalue weighted by atomic mass is 10.1. The molecule has 128 valence electrons. The summed E-state index contributed by atoms with van der Waals surface area (Å²) in [7, 11) is -3.66. The van der Waals surface area contributed by atoms with E-state index in [0.717, 1.165) is 22.9 Å². The topological polar surface area (TPSA) is 98.2 Å². The zero-order chi connectivity index (χ0) is 17.9. The van der Waals surface area contributed by atoms with Gasteiger partial charge in [-0.15, -0.1) is 0 Å². The molecule has 0 atom stereocenters. The van der Waals surface area contributed by atoms with Gasteiger partial charge in [0.1, 0.15) is 6.61 Å². The number of hydrogen-bond donors (Lipinski definition) is 1. The van der Waals surface area contributed by atoms with Crippen LogP contribution in [0.3, 0.4) is 0 Å². The second-order valence-corrected chi connectivity index (χ2v) is 6.98. The first kappa shape index (κ1) is 17.0. The molecular formula is C17H15N3O4S. The van der Waals surface area contributed by atoms with Crippen LogP contribution in [0.1, 0.15) is 0 Å². The first-order valence-electron chi connectivity index (χ1n) is 7.37. The summed E-state index contributed by atoms with van der Waals surface area (Å²) in [5, 5.41) is 2.59. The monoisotopic (exact) mass is 357 g/mol. The summed E-state index contributed by atoms with van der Waals surface area (Å²) in [4.78, 5) is 20.7. The highest BCUT2D eigenvalue weighted by Crippen LogP contribution is 2.22. The van der Waals surface area contributed by atoms with Crippen LogP contribution < -0.4 is 5.32 Å². The number of rotatable bonds is 5. The number of nitrogens with zero attached hydrogens (tertiary/aromatic N) is 2. The number of amides is 1. The van der Waals surface area contributed by atoms with E-state index in [1.54, 1.807) is 24.4 Å². The Morgan fingerprint density at radius 2 is 1.88 bits per heavy atom. The van der Waals surface area contributed by atoms with Crippen molar-refractivity contribution in [2.45, 2.75) is 0 Å². The predicted octanol–water partition coefficient (Wildman–Crippen LogP) is 2.21. The third-order valence-corrected chi connectivity index (χ3v) is 3.84. The van der Waals surface area contributed by atoms with Crippen LogP contribution in [0.15, 0.2) is 54.7 Å². The van der Waals surface area contributed by atoms with Crippen molar-refractivity contribution in [3.63, 3.8) is 0 Å². The first-order chi connectivity index (χ1) is 11.9. The van der Waals surface area contributed by atoms with Gasteiger partial charge >= 0.3 is 0 Å². The molecule has 1 N–H and O–H groups in total. The van der Waals surface area contributed by atoms with Crippen LogP contribution in [-0.4, -0.2) is 37.2 Å². The number of hydrogen-bond acceptors (Lipinski definition) is 6. The summed E-state index contributed by atoms with van der Waals surface area (Å²) >= 11 is 0. The Bertz CT molecular complexity index is 1030. The lowest BCUT2D eigenvalue weighted by molar-refractivity contribution is -0.118. The van der Waals surface area contributed by atoms with Gasteiger partial charge in [-0.25, -0.2) is 4.98 Å². The number of benzene rings is 2. The molecule has 7 nitrogen and oxygen atoms in total. The maximum absolute atomic E-state index is 11.8. The van der Waals surface area contributed by atoms with Gasteiger partial charge in [0.15, 0.2) is 0 Å². The fraction of sp³-hybridized carbons (Fsp3) is 0.118. The van der Waals surface area contributed by atoms with E-state index in [0.29, 0.717) is 11.4 Å². The van der Waals surface area contributed by atoms with Crippen LogP contribution in [0.2, 0.25) is 0 Å². The molecule has 2 aromatic carbocycles. The van der Waals surface area contributed by atoms with Gasteiger partial charge in [-0.2, -0.15) is 8.42 Å². The van der Waals surface area contributed by atoms with Crippen molar-refractivity contribution in [2.24, 2.45) is 0 Å². The smallest absolute Gasteiger partial charge is 0.264 e. The lowest BCUT2D eigenvalue weighted by Gasteiger charge is -2.08. The zero-order valence-corrected chi connectivity index (χ0v) is 14.2. The summed E-state index contributed by atoms with van der Waals surface area (Å²) in [5.41, 5.74) is 3.53. The van der Waals surface area contributed by atoms with Crippen molar-refractivity contribution < 1.29 is 17.4 Å². The molecular weight excluding hydrogens is 342 g/mol. The third-order valence-electron chi connectivity index (χ3n) is 3.29. The average Bonchev–Trinajstić information content (AvgIpc) is 2.59. The number of anilines is 1. The van der Waals surface area contributed by atoms with Gasteiger partial charge in [0.05, 0.1) is 29.2 Å². The molecule has 1 aromatic heterocycles. The van der Waals surface area contributed by atoms with E-state index in [1.807, 2.05) is 30.3 Å². The Labute approximate surface area is 144 Å². The van der Waals surface area contributed by atoms with Crippen molar-refractivity contribution >= 4 is 32.7 Å². The summed E-state index contributed by atoms with van der Waals surface area (Å²) < 4.78 is 26.3. The molecule has 0 aliphatic carbocycles. The van der Waals surface area contributed by atoms with Gasteiger partial charge in [0, 0.05) is 11.3 Å². The maximum atomic E-state index is 11.8. The zero-order valence-electron chi connectivity index (χ0n) is 13.3. The quantitative estimate of drug-likeness (QED) is 0.703. The van der Waals surface area contributed by atoms with Crippen LogP contribution >= 0.6 is 0 Å². The molecule has 3 aromatic rings. The predicted molar refractivity (Wildman–Crippen MR) is 94.4 cm³/mol. The van der Waals surface area contributed by atoms with Crippen molar-refractivity contribution in [1.29, 1.82) is 0 Å². The molecule has 0 unspecified atom stereocenters. The average molecular weight is 357 g/mol. The van der Waals surface area contributed by atoms with E-state index in [4.69, 9.17) is 0 Å². The van der Waals surface area contributed by atoms with Crippen molar-refractivity contribution in [3.05, 3.63) is 54.7 Å². The van der Waals surface area contributed by atoms with Gasteiger partial charge in [0.25, 0.3) is 16.0 Å². The summed E-state index contributed by atoms with van der Waals surface area (Å²) in [6, 6.07) is 14.6. The molecule has 0 radical (unpaired) electrons. The second-order valence-electron chi connectivity index (χ2n) is 5.34. The Hall–Kier alpha value is -2.84. The Balaban J connectivity index is 1.79. The molecule has 0 aliphatic rings. The summed E-state index contributed by atoms with van der Waals surface area (Å²) in [6.07, 6.45) is 2.55. The SMILES string of the molecule is CS(=O)(=O)OCC(=O)Nc1cccc(-c2cnc3ccccc3n2)c1. The molecule has 0 bridgehead atoms. The lowest BCUT2D eigenvalue weighted by Crippen LogP contribution is -2.20. The Morgan fingerprint density at radius 3 is 2.64 bits per heavy atom. The highest BCUT2D eigenvalue weighted by molar-refractivity contribution is 7.86. The van der Waals surface area contributed by atoms with Gasteiger partial charge < -0.3 is 5.32 Å². The molecule has 0 aliphatic heterocycles. The van der Waals surface area contributed by atoms with Crippen molar-refractivity contribution in [2.75, 3.05) is 18.2 Å². The van der Waals surface area contributed by atoms with E-state index in [9.17, 15) is 13.2 Å². The number of nitrogens with one attached hydrogen (secondary N) is 1. The highest BCUT2D eigenvalue weighted by Gasteiger charge is 2.09. The number of carbonyl (C=O) groups is 1. The van der Waals surface area contributed by atoms with Crippen molar-refractivity contribution in [3.8, 4) is 11.3 Å². The minimum Gasteiger partial charge on any atom is -0.324 e. The highest BCUT2D eigenvalue weighted by atomic mass is 32.2. The van der Waals surface area contributed by atoms with E-state index in [1.165, 1.54) is 0 Å². The van der Waals surface area contributed by atoms with Crippen LogP contribution in [-0.2, 0) is 19.1 Å². The number of para-hydroxylation sites is 2. The fourth-order valence-electron chi connectivity index (χ4n) is 2.21. The number of aromatic nitrogens is 2. The van der Waals surface area contributed by atoms with Crippen LogP contribution in [0.5, 0.6) is 0 Å². The standard InChI is InChI=1S/C17H15N3O4S/c1-25(22,23)24-11-17(21)19-13-6-4-5-12(9-13)16-10-18-14-7-2-3-8-15(14)20-16/h2-10H,11H2,1H3,(H,19,21). The van der Waals surface area contributed by atoms with Gasteiger partial charge in [0.2, 0.25) is 0 Å². The fourth-order valence-corrected chi connectivity index (χ4v) is 2.53. The van der Waals surface area contributed by atoms with Gasteiger partial charge in [-0.1, -0.05) is 24.3 Å². The van der Waals surface area contributed by atoms with Gasteiger partial charge in [-0.3, -0.25) is 14.0 Å². The molecule has 0 saturated carbocycles. The Kier molecular flexibility index (Phi) is 4.73. The van der Waals surface area contributed by atoms with Gasteiger partial charge in [-0.05, 0) is 24.3 Å². The number of carbonyl (C=O) groups excluding carboxylic acids is 1. The van der Waals surface area contributed by atoms with Crippen LogP contribution in [0.4, 0.5) is 5.69 Å². The van der Waals surface area contributed by atoms with E-state index >= 15 is 0 Å². The maximum Gasteiger partial charge on any atom is 0.264 e. The Morgan fingerprint density at radius 1 is 1.12 bits per heavy atom. The minimum absolute atomic E-state index is 0.509. The van der Waals surface area contributed by atoms with E-state index < -0.39 is 22.6 Å². The molecule has 25 heavy (non-hydrogen) atoms. The molecule has 0 saturated heterocycles. The molecule has 3 rings (SSSR count). The normalized spacial score (nSPS) is 11.4. The third kappa shape index (κ3) is 4.59. The molecule has 0 fully saturated rings. The largest absolute Gasteiger partial charge is 0.324 e. The van der Waals surface area contributed by atoms with E-state index in [2.05, 4.69) is 19.5 Å². The second kappa shape index (κ2) is 6.96. The molecule has 0 spiro atoms. The molecule has 1 heterocycles. The van der Waals surface area contributed by atoms with Crippen molar-refractivity contribution in [1.82, 2.24) is 9.97 Å².